The summed E-state index contributed by atoms with van der Waals surface area (Å²) in [6, 6.07) is 1.48. The highest BCUT2D eigenvalue weighted by Crippen LogP contribution is 2.32. The van der Waals surface area contributed by atoms with Crippen LogP contribution in [0.25, 0.3) is 0 Å². The van der Waals surface area contributed by atoms with Crippen LogP contribution < -0.4 is 0 Å². The van der Waals surface area contributed by atoms with E-state index < -0.39 is 11.9 Å². The number of carboxylic acid groups (broad SMARTS) is 1. The number of ketones is 1. The van der Waals surface area contributed by atoms with E-state index in [2.05, 4.69) is 0 Å². The maximum absolute atomic E-state index is 11.9. The van der Waals surface area contributed by atoms with Crippen molar-refractivity contribution in [2.75, 3.05) is 13.6 Å². The highest BCUT2D eigenvalue weighted by molar-refractivity contribution is 7.20. The summed E-state index contributed by atoms with van der Waals surface area (Å²) in [4.78, 5) is 35.8. The van der Waals surface area contributed by atoms with Gasteiger partial charge in [-0.1, -0.05) is 30.1 Å². The minimum Gasteiger partial charge on any atom is -0.481 e. The van der Waals surface area contributed by atoms with Crippen LogP contribution in [0.5, 0.6) is 0 Å². The summed E-state index contributed by atoms with van der Waals surface area (Å²) in [5.41, 5.74) is 0.320. The predicted octanol–water partition coefficient (Wildman–Crippen LogP) is 3.20. The number of thiophene rings is 1. The van der Waals surface area contributed by atoms with Crippen molar-refractivity contribution in [3.63, 3.8) is 0 Å². The van der Waals surface area contributed by atoms with Crippen molar-refractivity contribution in [2.45, 2.75) is 19.8 Å². The molecule has 0 fully saturated rings. The molecule has 0 spiro atoms. The number of hydrogen-bond acceptors (Lipinski definition) is 4. The van der Waals surface area contributed by atoms with Crippen molar-refractivity contribution in [2.24, 2.45) is 5.92 Å². The van der Waals surface area contributed by atoms with Gasteiger partial charge >= 0.3 is 5.97 Å². The van der Waals surface area contributed by atoms with E-state index in [4.69, 9.17) is 28.3 Å². The highest BCUT2D eigenvalue weighted by atomic mass is 35.5. The normalized spacial score (nSPS) is 12.0. The first-order valence-corrected chi connectivity index (χ1v) is 7.74. The van der Waals surface area contributed by atoms with Gasteiger partial charge in [-0.05, 0) is 6.07 Å². The molecule has 1 rings (SSSR count). The molecule has 0 radical (unpaired) electrons. The van der Waals surface area contributed by atoms with Crippen LogP contribution in [0.4, 0.5) is 0 Å². The lowest BCUT2D eigenvalue weighted by Gasteiger charge is -2.19. The number of carboxylic acids is 1. The summed E-state index contributed by atoms with van der Waals surface area (Å²) >= 11 is 12.7. The molecule has 1 heterocycles. The first kappa shape index (κ1) is 17.9. The van der Waals surface area contributed by atoms with Crippen molar-refractivity contribution >= 4 is 52.2 Å². The molecule has 1 aromatic heterocycles. The number of carbonyl (C=O) groups excluding carboxylic acids is 2. The number of halogens is 2. The van der Waals surface area contributed by atoms with Crippen molar-refractivity contribution in [3.05, 3.63) is 20.3 Å². The van der Waals surface area contributed by atoms with Gasteiger partial charge in [-0.25, -0.2) is 0 Å². The maximum Gasteiger partial charge on any atom is 0.308 e. The molecule has 1 unspecified atom stereocenters. The summed E-state index contributed by atoms with van der Waals surface area (Å²) in [7, 11) is 1.51. The van der Waals surface area contributed by atoms with Crippen molar-refractivity contribution in [3.8, 4) is 0 Å². The molecule has 0 aliphatic heterocycles. The minimum atomic E-state index is -0.967. The molecule has 0 aliphatic carbocycles. The van der Waals surface area contributed by atoms with Gasteiger partial charge in [-0.15, -0.1) is 11.3 Å². The van der Waals surface area contributed by atoms with Crippen molar-refractivity contribution < 1.29 is 19.5 Å². The molecule has 8 heteroatoms. The Hall–Kier alpha value is -1.11. The van der Waals surface area contributed by atoms with E-state index >= 15 is 0 Å². The Balaban J connectivity index is 2.51. The molecule has 5 nitrogen and oxygen atoms in total. The Morgan fingerprint density at radius 2 is 1.95 bits per heavy atom. The van der Waals surface area contributed by atoms with E-state index in [-0.39, 0.29) is 31.1 Å². The molecule has 0 aromatic carbocycles. The molecule has 1 N–H and O–H groups in total. The first-order valence-electron chi connectivity index (χ1n) is 6.17. The minimum absolute atomic E-state index is 0.00542. The van der Waals surface area contributed by atoms with E-state index in [1.807, 2.05) is 0 Å². The lowest BCUT2D eigenvalue weighted by molar-refractivity contribution is -0.142. The quantitative estimate of drug-likeness (QED) is 0.765. The second-order valence-electron chi connectivity index (χ2n) is 4.67. The number of amides is 1. The number of Topliss-reactive ketones (excluding diaryl/α,β-unsaturated/α-hetero) is 1. The second-order valence-corrected chi connectivity index (χ2v) is 6.96. The molecule has 0 bridgehead atoms. The lowest BCUT2D eigenvalue weighted by Crippen LogP contribution is -2.33. The topological polar surface area (TPSA) is 74.7 Å². The summed E-state index contributed by atoms with van der Waals surface area (Å²) in [6.07, 6.45) is 0.0167. The van der Waals surface area contributed by atoms with Gasteiger partial charge in [0.1, 0.15) is 4.34 Å². The predicted molar refractivity (Wildman–Crippen MR) is 82.3 cm³/mol. The second kappa shape index (κ2) is 7.77. The van der Waals surface area contributed by atoms with Crippen LogP contribution in [0.3, 0.4) is 0 Å². The van der Waals surface area contributed by atoms with E-state index in [0.29, 0.717) is 14.2 Å². The van der Waals surface area contributed by atoms with Crippen LogP contribution in [0.1, 0.15) is 30.1 Å². The smallest absolute Gasteiger partial charge is 0.308 e. The maximum atomic E-state index is 11.9. The highest BCUT2D eigenvalue weighted by Gasteiger charge is 2.19. The van der Waals surface area contributed by atoms with E-state index in [1.54, 1.807) is 0 Å². The van der Waals surface area contributed by atoms with Crippen LogP contribution in [-0.2, 0) is 9.59 Å². The molecule has 1 amide bonds. The van der Waals surface area contributed by atoms with Gasteiger partial charge in [0.25, 0.3) is 0 Å². The van der Waals surface area contributed by atoms with Gasteiger partial charge in [-0.3, -0.25) is 14.4 Å². The van der Waals surface area contributed by atoms with Gasteiger partial charge in [0.05, 0.1) is 10.3 Å². The van der Waals surface area contributed by atoms with Gasteiger partial charge in [-0.2, -0.15) is 0 Å². The Morgan fingerprint density at radius 1 is 1.33 bits per heavy atom. The van der Waals surface area contributed by atoms with Crippen LogP contribution in [-0.4, -0.2) is 41.3 Å². The van der Waals surface area contributed by atoms with Crippen molar-refractivity contribution in [1.82, 2.24) is 4.90 Å². The number of nitrogens with zero attached hydrogens (tertiary/aromatic N) is 1. The Kier molecular flexibility index (Phi) is 6.64. The van der Waals surface area contributed by atoms with Gasteiger partial charge in [0.2, 0.25) is 5.91 Å². The Labute approximate surface area is 136 Å². The number of aliphatic carboxylic acids is 1. The van der Waals surface area contributed by atoms with Gasteiger partial charge in [0.15, 0.2) is 5.78 Å². The number of carbonyl (C=O) groups is 3. The third kappa shape index (κ3) is 5.30. The molecule has 1 atom stereocenters. The van der Waals surface area contributed by atoms with Crippen LogP contribution in [0.15, 0.2) is 6.07 Å². The SMILES string of the molecule is CC(CN(C)C(=O)CCC(=O)c1cc(Cl)sc1Cl)C(=O)O. The summed E-state index contributed by atoms with van der Waals surface area (Å²) in [5, 5.41) is 8.79. The molecule has 116 valence electrons. The van der Waals surface area contributed by atoms with E-state index in [0.717, 1.165) is 11.3 Å². The van der Waals surface area contributed by atoms with Crippen molar-refractivity contribution in [1.29, 1.82) is 0 Å². The van der Waals surface area contributed by atoms with Crippen LogP contribution >= 0.6 is 34.5 Å². The standard InChI is InChI=1S/C13H15Cl2NO4S/c1-7(13(19)20)6-16(2)11(18)4-3-9(17)8-5-10(14)21-12(8)15/h5,7H,3-4,6H2,1-2H3,(H,19,20). The summed E-state index contributed by atoms with van der Waals surface area (Å²) in [6.45, 7) is 1.62. The summed E-state index contributed by atoms with van der Waals surface area (Å²) < 4.78 is 0.729. The molecular formula is C13H15Cl2NO4S. The fourth-order valence-electron chi connectivity index (χ4n) is 1.67. The molecule has 0 saturated carbocycles. The molecule has 0 saturated heterocycles. The zero-order chi connectivity index (χ0) is 16.2. The molecule has 21 heavy (non-hydrogen) atoms. The van der Waals surface area contributed by atoms with Gasteiger partial charge < -0.3 is 10.0 Å². The van der Waals surface area contributed by atoms with Crippen LogP contribution in [0, 0.1) is 5.92 Å². The van der Waals surface area contributed by atoms with E-state index in [1.165, 1.54) is 24.9 Å². The first-order chi connectivity index (χ1) is 9.72. The van der Waals surface area contributed by atoms with Gasteiger partial charge in [0, 0.05) is 32.0 Å². The molecule has 0 aliphatic rings. The number of hydrogen-bond donors (Lipinski definition) is 1. The van der Waals surface area contributed by atoms with E-state index in [9.17, 15) is 14.4 Å². The average molecular weight is 352 g/mol. The average Bonchev–Trinajstić information content (AvgIpc) is 2.74. The molecule has 1 aromatic rings. The lowest BCUT2D eigenvalue weighted by atomic mass is 10.1. The Morgan fingerprint density at radius 3 is 2.43 bits per heavy atom. The monoisotopic (exact) mass is 351 g/mol. The third-order valence-corrected chi connectivity index (χ3v) is 4.41. The molecular weight excluding hydrogens is 337 g/mol. The Bertz CT molecular complexity index is 558. The fourth-order valence-corrected chi connectivity index (χ4v) is 3.17. The number of rotatable bonds is 7. The fraction of sp³-hybridized carbons (Fsp3) is 0.462. The van der Waals surface area contributed by atoms with Crippen LogP contribution in [0.2, 0.25) is 8.67 Å². The third-order valence-electron chi connectivity index (χ3n) is 2.92. The largest absolute Gasteiger partial charge is 0.481 e. The summed E-state index contributed by atoms with van der Waals surface area (Å²) in [5.74, 6) is -2.16. The zero-order valence-corrected chi connectivity index (χ0v) is 13.9. The zero-order valence-electron chi connectivity index (χ0n) is 11.6.